The van der Waals surface area contributed by atoms with Crippen molar-refractivity contribution in [3.63, 3.8) is 0 Å². The molecule has 0 atom stereocenters. The van der Waals surface area contributed by atoms with Crippen LogP contribution in [0.3, 0.4) is 0 Å². The Labute approximate surface area is 195 Å². The number of nitrogens with zero attached hydrogens (tertiary/aromatic N) is 3. The number of benzene rings is 2. The predicted molar refractivity (Wildman–Crippen MR) is 125 cm³/mol. The maximum Gasteiger partial charge on any atom is 0.257 e. The molecule has 1 amide bonds. The Morgan fingerprint density at radius 2 is 1.97 bits per heavy atom. The molecule has 0 bridgehead atoms. The lowest BCUT2D eigenvalue weighted by molar-refractivity contribution is 0.102. The second-order valence-corrected chi connectivity index (χ2v) is 9.91. The zero-order valence-corrected chi connectivity index (χ0v) is 18.9. The van der Waals surface area contributed by atoms with Crippen molar-refractivity contribution in [2.75, 3.05) is 21.9 Å². The van der Waals surface area contributed by atoms with Crippen LogP contribution >= 0.6 is 23.2 Å². The van der Waals surface area contributed by atoms with E-state index in [0.29, 0.717) is 35.5 Å². The lowest BCUT2D eigenvalue weighted by atomic mass is 10.1. The standard InChI is InChI=1S/C22H16Cl2N4O3S/c23-19-12-17(28-6-3-7-32(28,30)31)11-18(21(19)24)22(29)27-16-9-14(13-25)8-15(10-16)20-4-1-2-5-26-20/h1-2,4-5,8-12H,3,6-7H2,(H,27,29). The Balaban J connectivity index is 1.70. The summed E-state index contributed by atoms with van der Waals surface area (Å²) in [6.07, 6.45) is 2.12. The van der Waals surface area contributed by atoms with E-state index in [-0.39, 0.29) is 27.0 Å². The fourth-order valence-corrected chi connectivity index (χ4v) is 5.41. The van der Waals surface area contributed by atoms with Crippen LogP contribution in [0.4, 0.5) is 11.4 Å². The first-order chi connectivity index (χ1) is 15.3. The van der Waals surface area contributed by atoms with Crippen LogP contribution in [0.5, 0.6) is 0 Å². The van der Waals surface area contributed by atoms with Crippen LogP contribution < -0.4 is 9.62 Å². The number of aromatic nitrogens is 1. The molecule has 32 heavy (non-hydrogen) atoms. The lowest BCUT2D eigenvalue weighted by Gasteiger charge is -2.19. The SMILES string of the molecule is N#Cc1cc(NC(=O)c2cc(N3CCCS3(=O)=O)cc(Cl)c2Cl)cc(-c2ccccn2)c1. The average molecular weight is 487 g/mol. The van der Waals surface area contributed by atoms with E-state index in [2.05, 4.69) is 16.4 Å². The molecule has 1 aliphatic heterocycles. The minimum atomic E-state index is -3.46. The molecule has 3 aromatic rings. The number of hydrogen-bond donors (Lipinski definition) is 1. The Bertz CT molecular complexity index is 1360. The molecule has 0 saturated carbocycles. The van der Waals surface area contributed by atoms with Crippen molar-refractivity contribution in [2.24, 2.45) is 0 Å². The maximum atomic E-state index is 13.0. The van der Waals surface area contributed by atoms with Gasteiger partial charge in [-0.2, -0.15) is 5.26 Å². The number of nitrogens with one attached hydrogen (secondary N) is 1. The van der Waals surface area contributed by atoms with Crippen molar-refractivity contribution in [2.45, 2.75) is 6.42 Å². The average Bonchev–Trinajstić information content (AvgIpc) is 3.14. The molecule has 0 aliphatic carbocycles. The number of amides is 1. The predicted octanol–water partition coefficient (Wildman–Crippen LogP) is 4.72. The highest BCUT2D eigenvalue weighted by Gasteiger charge is 2.30. The number of rotatable bonds is 4. The van der Waals surface area contributed by atoms with Crippen LogP contribution in [0.15, 0.2) is 54.7 Å². The van der Waals surface area contributed by atoms with Gasteiger partial charge in [-0.1, -0.05) is 29.3 Å². The van der Waals surface area contributed by atoms with Gasteiger partial charge in [0, 0.05) is 24.0 Å². The molecule has 1 aliphatic rings. The highest BCUT2D eigenvalue weighted by Crippen LogP contribution is 2.35. The van der Waals surface area contributed by atoms with Gasteiger partial charge >= 0.3 is 0 Å². The molecule has 2 aromatic carbocycles. The van der Waals surface area contributed by atoms with Gasteiger partial charge in [0.15, 0.2) is 0 Å². The number of sulfonamides is 1. The summed E-state index contributed by atoms with van der Waals surface area (Å²) in [5, 5.41) is 12.2. The molecule has 1 fully saturated rings. The van der Waals surface area contributed by atoms with Crippen LogP contribution in [0, 0.1) is 11.3 Å². The van der Waals surface area contributed by atoms with Crippen molar-refractivity contribution in [3.8, 4) is 17.3 Å². The molecule has 0 radical (unpaired) electrons. The van der Waals surface area contributed by atoms with Crippen molar-refractivity contribution >= 4 is 50.5 Å². The molecule has 10 heteroatoms. The zero-order valence-electron chi connectivity index (χ0n) is 16.5. The van der Waals surface area contributed by atoms with Gasteiger partial charge in [0.1, 0.15) is 0 Å². The number of halogens is 2. The second-order valence-electron chi connectivity index (χ2n) is 7.11. The van der Waals surface area contributed by atoms with Gasteiger partial charge in [0.25, 0.3) is 5.91 Å². The monoisotopic (exact) mass is 486 g/mol. The molecule has 0 unspecified atom stereocenters. The minimum absolute atomic E-state index is 0.00546. The maximum absolute atomic E-state index is 13.0. The van der Waals surface area contributed by atoms with Crippen molar-refractivity contribution in [3.05, 3.63) is 75.9 Å². The van der Waals surface area contributed by atoms with Crippen molar-refractivity contribution in [1.82, 2.24) is 4.98 Å². The molecule has 0 spiro atoms. The summed E-state index contributed by atoms with van der Waals surface area (Å²) in [5.74, 6) is -0.552. The topological polar surface area (TPSA) is 103 Å². The summed E-state index contributed by atoms with van der Waals surface area (Å²) in [6, 6.07) is 15.2. The molecule has 1 aromatic heterocycles. The Kier molecular flexibility index (Phi) is 6.07. The van der Waals surface area contributed by atoms with Crippen LogP contribution in [-0.4, -0.2) is 31.6 Å². The molecule has 4 rings (SSSR count). The smallest absolute Gasteiger partial charge is 0.257 e. The van der Waals surface area contributed by atoms with Gasteiger partial charge in [0.05, 0.1) is 44.4 Å². The van der Waals surface area contributed by atoms with Crippen LogP contribution in [0.25, 0.3) is 11.3 Å². The van der Waals surface area contributed by atoms with E-state index >= 15 is 0 Å². The third-order valence-electron chi connectivity index (χ3n) is 4.93. The first-order valence-electron chi connectivity index (χ1n) is 9.56. The summed E-state index contributed by atoms with van der Waals surface area (Å²) in [7, 11) is -3.46. The summed E-state index contributed by atoms with van der Waals surface area (Å²) in [4.78, 5) is 17.3. The van der Waals surface area contributed by atoms with Crippen LogP contribution in [0.1, 0.15) is 22.3 Å². The Hall–Kier alpha value is -3.12. The van der Waals surface area contributed by atoms with E-state index < -0.39 is 15.9 Å². The first kappa shape index (κ1) is 22.1. The summed E-state index contributed by atoms with van der Waals surface area (Å²) < 4.78 is 25.8. The van der Waals surface area contributed by atoms with Gasteiger partial charge < -0.3 is 5.32 Å². The van der Waals surface area contributed by atoms with Gasteiger partial charge in [-0.05, 0) is 48.9 Å². The molecular formula is C22H16Cl2N4O3S. The Morgan fingerprint density at radius 1 is 1.16 bits per heavy atom. The Morgan fingerprint density at radius 3 is 2.62 bits per heavy atom. The highest BCUT2D eigenvalue weighted by molar-refractivity contribution is 7.93. The van der Waals surface area contributed by atoms with Crippen molar-refractivity contribution in [1.29, 1.82) is 5.26 Å². The van der Waals surface area contributed by atoms with E-state index in [1.165, 1.54) is 22.5 Å². The van der Waals surface area contributed by atoms with E-state index in [1.807, 2.05) is 6.07 Å². The molecule has 7 nitrogen and oxygen atoms in total. The summed E-state index contributed by atoms with van der Waals surface area (Å²) >= 11 is 12.5. The van der Waals surface area contributed by atoms with Gasteiger partial charge in [-0.25, -0.2) is 8.42 Å². The number of nitriles is 1. The normalized spacial score (nSPS) is 14.7. The van der Waals surface area contributed by atoms with E-state index in [4.69, 9.17) is 23.2 Å². The fourth-order valence-electron chi connectivity index (χ4n) is 3.46. The zero-order chi connectivity index (χ0) is 22.9. The summed E-state index contributed by atoms with van der Waals surface area (Å²) in [6.45, 7) is 0.305. The second kappa shape index (κ2) is 8.79. The number of pyridine rings is 1. The third kappa shape index (κ3) is 4.41. The number of hydrogen-bond acceptors (Lipinski definition) is 5. The quantitative estimate of drug-likeness (QED) is 0.574. The molecule has 1 N–H and O–H groups in total. The largest absolute Gasteiger partial charge is 0.322 e. The highest BCUT2D eigenvalue weighted by atomic mass is 35.5. The van der Waals surface area contributed by atoms with Crippen molar-refractivity contribution < 1.29 is 13.2 Å². The number of carbonyl (C=O) groups excluding carboxylic acids is 1. The van der Waals surface area contributed by atoms with Gasteiger partial charge in [-0.3, -0.25) is 14.1 Å². The molecule has 2 heterocycles. The summed E-state index contributed by atoms with van der Waals surface area (Å²) in [5.41, 5.74) is 2.30. The first-order valence-corrected chi connectivity index (χ1v) is 11.9. The van der Waals surface area contributed by atoms with E-state index in [1.54, 1.807) is 30.5 Å². The van der Waals surface area contributed by atoms with E-state index in [0.717, 1.165) is 0 Å². The van der Waals surface area contributed by atoms with Crippen LogP contribution in [-0.2, 0) is 10.0 Å². The molecule has 1 saturated heterocycles. The fraction of sp³-hybridized carbons (Fsp3) is 0.136. The van der Waals surface area contributed by atoms with E-state index in [9.17, 15) is 18.5 Å². The minimum Gasteiger partial charge on any atom is -0.322 e. The molecular weight excluding hydrogens is 471 g/mol. The van der Waals surface area contributed by atoms with Gasteiger partial charge in [-0.15, -0.1) is 0 Å². The van der Waals surface area contributed by atoms with Gasteiger partial charge in [0.2, 0.25) is 10.0 Å². The number of carbonyl (C=O) groups is 1. The lowest BCUT2D eigenvalue weighted by Crippen LogP contribution is -2.25. The van der Waals surface area contributed by atoms with Crippen LogP contribution in [0.2, 0.25) is 10.0 Å². The molecule has 162 valence electrons. The third-order valence-corrected chi connectivity index (χ3v) is 7.60. The number of anilines is 2.